The summed E-state index contributed by atoms with van der Waals surface area (Å²) >= 11 is 1.30. The number of carbonyl (C=O) groups excluding carboxylic acids is 3. The van der Waals surface area contributed by atoms with Crippen LogP contribution in [0.15, 0.2) is 6.07 Å². The van der Waals surface area contributed by atoms with E-state index in [0.717, 1.165) is 21.8 Å². The zero-order valence-corrected chi connectivity index (χ0v) is 18.8. The van der Waals surface area contributed by atoms with Crippen molar-refractivity contribution in [1.29, 1.82) is 0 Å². The average molecular weight is 446 g/mol. The molecule has 1 amide bonds. The van der Waals surface area contributed by atoms with E-state index in [2.05, 4.69) is 20.4 Å². The predicted octanol–water partition coefficient (Wildman–Crippen LogP) is 2.65. The topological polar surface area (TPSA) is 125 Å². The highest BCUT2D eigenvalue weighted by Gasteiger charge is 2.24. The molecule has 0 aliphatic rings. The summed E-state index contributed by atoms with van der Waals surface area (Å²) < 4.78 is 11.6. The lowest BCUT2D eigenvalue weighted by atomic mass is 10.1. The molecule has 0 spiro atoms. The maximum atomic E-state index is 12.4. The molecule has 3 rings (SSSR count). The van der Waals surface area contributed by atoms with E-state index >= 15 is 0 Å². The first-order chi connectivity index (χ1) is 14.7. The van der Waals surface area contributed by atoms with E-state index in [1.54, 1.807) is 13.0 Å². The van der Waals surface area contributed by atoms with Crippen LogP contribution in [-0.4, -0.2) is 50.6 Å². The molecule has 3 aromatic heterocycles. The quantitative estimate of drug-likeness (QED) is 0.550. The third-order valence-electron chi connectivity index (χ3n) is 4.43. The summed E-state index contributed by atoms with van der Waals surface area (Å²) in [6, 6.07) is 1.80. The molecule has 0 radical (unpaired) electrons. The van der Waals surface area contributed by atoms with Crippen molar-refractivity contribution < 1.29 is 23.9 Å². The molecule has 0 aromatic carbocycles. The minimum absolute atomic E-state index is 0.193. The van der Waals surface area contributed by atoms with Gasteiger partial charge in [-0.05, 0) is 45.7 Å². The maximum absolute atomic E-state index is 12.4. The molecule has 10 nitrogen and oxygen atoms in total. The second kappa shape index (κ2) is 9.21. The Morgan fingerprint density at radius 3 is 2.52 bits per heavy atom. The smallest absolute Gasteiger partial charge is 0.378 e. The van der Waals surface area contributed by atoms with E-state index < -0.39 is 24.5 Å². The Kier molecular flexibility index (Phi) is 6.64. The molecule has 164 valence electrons. The largest absolute Gasteiger partial charge is 0.462 e. The van der Waals surface area contributed by atoms with Crippen molar-refractivity contribution in [3.05, 3.63) is 39.3 Å². The molecular weight excluding hydrogens is 422 g/mol. The van der Waals surface area contributed by atoms with Crippen LogP contribution in [0.1, 0.15) is 56.7 Å². The van der Waals surface area contributed by atoms with Crippen LogP contribution in [0.4, 0.5) is 5.00 Å². The average Bonchev–Trinajstić information content (AvgIpc) is 3.27. The van der Waals surface area contributed by atoms with Gasteiger partial charge < -0.3 is 14.8 Å². The molecule has 0 unspecified atom stereocenters. The first kappa shape index (κ1) is 22.3. The minimum atomic E-state index is -0.847. The Labute approximate surface area is 182 Å². The molecule has 31 heavy (non-hydrogen) atoms. The SMILES string of the molecule is CCOC(=O)c1c(NC(=O)COC(=O)c2nc3nc(C)cc(C)n3n2)sc(CC)c1C. The zero-order chi connectivity index (χ0) is 22.7. The Morgan fingerprint density at radius 2 is 1.84 bits per heavy atom. The molecule has 0 bridgehead atoms. The standard InChI is InChI=1S/C20H23N5O5S/c1-6-13-12(5)15(18(27)29-7-2)17(31-13)22-14(26)9-30-19(28)16-23-20-21-10(3)8-11(4)25(20)24-16/h8H,6-7,9H2,1-5H3,(H,22,26). The summed E-state index contributed by atoms with van der Waals surface area (Å²) in [4.78, 5) is 46.2. The number of aryl methyl sites for hydroxylation is 3. The van der Waals surface area contributed by atoms with Crippen molar-refractivity contribution in [2.75, 3.05) is 18.5 Å². The van der Waals surface area contributed by atoms with Gasteiger partial charge in [-0.15, -0.1) is 16.4 Å². The van der Waals surface area contributed by atoms with Crippen LogP contribution in [-0.2, 0) is 20.7 Å². The minimum Gasteiger partial charge on any atom is -0.462 e. The van der Waals surface area contributed by atoms with Crippen LogP contribution in [0.25, 0.3) is 5.78 Å². The molecule has 0 saturated heterocycles. The zero-order valence-electron chi connectivity index (χ0n) is 17.9. The lowest BCUT2D eigenvalue weighted by Gasteiger charge is -2.07. The summed E-state index contributed by atoms with van der Waals surface area (Å²) in [7, 11) is 0. The number of thiophene rings is 1. The Hall–Kier alpha value is -3.34. The van der Waals surface area contributed by atoms with Gasteiger partial charge in [-0.25, -0.2) is 19.1 Å². The van der Waals surface area contributed by atoms with E-state index in [-0.39, 0.29) is 18.2 Å². The number of hydrogen-bond acceptors (Lipinski definition) is 9. The van der Waals surface area contributed by atoms with Gasteiger partial charge in [0.05, 0.1) is 12.2 Å². The number of anilines is 1. The first-order valence-corrected chi connectivity index (χ1v) is 10.5. The van der Waals surface area contributed by atoms with Gasteiger partial charge in [0.15, 0.2) is 6.61 Å². The predicted molar refractivity (Wildman–Crippen MR) is 114 cm³/mol. The summed E-state index contributed by atoms with van der Waals surface area (Å²) in [5.74, 6) is -1.86. The third-order valence-corrected chi connectivity index (χ3v) is 5.79. The van der Waals surface area contributed by atoms with Crippen LogP contribution < -0.4 is 5.32 Å². The number of fused-ring (bicyclic) bond motifs is 1. The fourth-order valence-corrected chi connectivity index (χ4v) is 4.20. The van der Waals surface area contributed by atoms with Crippen molar-refractivity contribution in [2.45, 2.75) is 41.0 Å². The number of nitrogens with one attached hydrogen (secondary N) is 1. The number of nitrogens with zero attached hydrogens (tertiary/aromatic N) is 4. The van der Waals surface area contributed by atoms with E-state index in [1.165, 1.54) is 15.9 Å². The van der Waals surface area contributed by atoms with Gasteiger partial charge in [-0.1, -0.05) is 6.92 Å². The van der Waals surface area contributed by atoms with Gasteiger partial charge in [0.2, 0.25) is 0 Å². The van der Waals surface area contributed by atoms with E-state index in [4.69, 9.17) is 9.47 Å². The number of ether oxygens (including phenoxy) is 2. The fourth-order valence-electron chi connectivity index (χ4n) is 3.05. The number of carbonyl (C=O) groups is 3. The van der Waals surface area contributed by atoms with Gasteiger partial charge in [0, 0.05) is 16.3 Å². The third kappa shape index (κ3) is 4.71. The van der Waals surface area contributed by atoms with E-state index in [0.29, 0.717) is 17.0 Å². The highest BCUT2D eigenvalue weighted by Crippen LogP contribution is 2.34. The molecule has 0 saturated carbocycles. The van der Waals surface area contributed by atoms with Crippen molar-refractivity contribution in [3.63, 3.8) is 0 Å². The summed E-state index contributed by atoms with van der Waals surface area (Å²) in [5.41, 5.74) is 2.59. The van der Waals surface area contributed by atoms with Crippen LogP contribution in [0.3, 0.4) is 0 Å². The van der Waals surface area contributed by atoms with Crippen LogP contribution in [0, 0.1) is 20.8 Å². The molecule has 0 fully saturated rings. The monoisotopic (exact) mass is 445 g/mol. The normalized spacial score (nSPS) is 10.9. The number of rotatable bonds is 7. The van der Waals surface area contributed by atoms with Crippen molar-refractivity contribution in [3.8, 4) is 0 Å². The van der Waals surface area contributed by atoms with Gasteiger partial charge in [-0.2, -0.15) is 4.98 Å². The first-order valence-electron chi connectivity index (χ1n) is 9.72. The number of hydrogen-bond donors (Lipinski definition) is 1. The number of amides is 1. The van der Waals surface area contributed by atoms with Crippen molar-refractivity contribution in [2.24, 2.45) is 0 Å². The molecule has 0 aliphatic carbocycles. The highest BCUT2D eigenvalue weighted by molar-refractivity contribution is 7.17. The molecule has 0 atom stereocenters. The lowest BCUT2D eigenvalue weighted by Crippen LogP contribution is -2.22. The highest BCUT2D eigenvalue weighted by atomic mass is 32.1. The molecular formula is C20H23N5O5S. The van der Waals surface area contributed by atoms with Crippen LogP contribution in [0.2, 0.25) is 0 Å². The van der Waals surface area contributed by atoms with Crippen molar-refractivity contribution in [1.82, 2.24) is 19.6 Å². The second-order valence-electron chi connectivity index (χ2n) is 6.74. The van der Waals surface area contributed by atoms with Crippen molar-refractivity contribution >= 4 is 40.0 Å². The molecule has 0 aliphatic heterocycles. The van der Waals surface area contributed by atoms with Gasteiger partial charge >= 0.3 is 11.9 Å². The lowest BCUT2D eigenvalue weighted by molar-refractivity contribution is -0.119. The Morgan fingerprint density at radius 1 is 1.10 bits per heavy atom. The number of aromatic nitrogens is 4. The molecule has 3 heterocycles. The summed E-state index contributed by atoms with van der Waals surface area (Å²) in [5, 5.41) is 7.09. The Balaban J connectivity index is 1.70. The fraction of sp³-hybridized carbons (Fsp3) is 0.400. The van der Waals surface area contributed by atoms with Gasteiger partial charge in [0.25, 0.3) is 17.5 Å². The van der Waals surface area contributed by atoms with Crippen LogP contribution >= 0.6 is 11.3 Å². The summed E-state index contributed by atoms with van der Waals surface area (Å²) in [6.45, 7) is 8.77. The molecule has 11 heteroatoms. The summed E-state index contributed by atoms with van der Waals surface area (Å²) in [6.07, 6.45) is 0.709. The molecule has 1 N–H and O–H groups in total. The molecule has 3 aromatic rings. The Bertz CT molecular complexity index is 1170. The van der Waals surface area contributed by atoms with E-state index in [1.807, 2.05) is 27.7 Å². The number of esters is 2. The van der Waals surface area contributed by atoms with E-state index in [9.17, 15) is 14.4 Å². The second-order valence-corrected chi connectivity index (χ2v) is 7.84. The van der Waals surface area contributed by atoms with Gasteiger partial charge in [-0.3, -0.25) is 4.79 Å². The van der Waals surface area contributed by atoms with Crippen LogP contribution in [0.5, 0.6) is 0 Å². The van der Waals surface area contributed by atoms with Gasteiger partial charge in [0.1, 0.15) is 5.00 Å². The maximum Gasteiger partial charge on any atom is 0.378 e.